The molecule has 0 aliphatic heterocycles. The number of hydrogen-bond donors (Lipinski definition) is 0. The van der Waals surface area contributed by atoms with Gasteiger partial charge in [0.1, 0.15) is 0 Å². The summed E-state index contributed by atoms with van der Waals surface area (Å²) in [5.41, 5.74) is 7.24. The lowest BCUT2D eigenvalue weighted by molar-refractivity contribution is 0.469. The molecule has 15 nitrogen and oxygen atoms in total. The first kappa shape index (κ1) is 60.8. The summed E-state index contributed by atoms with van der Waals surface area (Å²) < 4.78 is 9.84. The molecule has 3 atom stereocenters. The van der Waals surface area contributed by atoms with Gasteiger partial charge in [0.15, 0.2) is 0 Å². The van der Waals surface area contributed by atoms with Crippen LogP contribution in [0.25, 0.3) is 0 Å². The second-order valence-electron chi connectivity index (χ2n) is 23.2. The average molecular weight is 961 g/mol. The first-order chi connectivity index (χ1) is 32.2. The standard InChI is InChI=1S/C15H25N3.4C8H15N3.C7H16/c1-9(2)15-11-5-7-13-14(8-6-12(11)15)18(10(3)4)17-16-13;2*1-6(2)8-5-11(7(3)4)10-9-8;2*1-6(2)8-5-9-10-11(8)7(3)4;1-6(2)5-7(3)4/h9-12,15H,5-8H2,1-4H3;4*5-7H,1-4H3;6-7H,5H2,1-4H3/t11-,12+,15?;;;;;/m1...../s1. The molecule has 0 aromatic carbocycles. The third kappa shape index (κ3) is 19.8. The molecule has 2 aliphatic rings. The zero-order valence-electron chi connectivity index (χ0n) is 48.2. The Morgan fingerprint density at radius 3 is 1.09 bits per heavy atom. The van der Waals surface area contributed by atoms with E-state index in [1.54, 1.807) is 0 Å². The van der Waals surface area contributed by atoms with E-state index in [1.807, 2.05) is 43.5 Å². The minimum absolute atomic E-state index is 0.412. The van der Waals surface area contributed by atoms with E-state index in [9.17, 15) is 0 Å². The highest BCUT2D eigenvalue weighted by atomic mass is 15.5. The zero-order chi connectivity index (χ0) is 52.4. The number of hydrogen-bond acceptors (Lipinski definition) is 10. The van der Waals surface area contributed by atoms with Gasteiger partial charge in [-0.15, -0.1) is 25.5 Å². The van der Waals surface area contributed by atoms with Gasteiger partial charge in [0.25, 0.3) is 0 Å². The molecular weight excluding hydrogens is 859 g/mol. The van der Waals surface area contributed by atoms with Crippen LogP contribution in [0.1, 0.15) is 273 Å². The Hall–Kier alpha value is -4.30. The monoisotopic (exact) mass is 960 g/mol. The van der Waals surface area contributed by atoms with Crippen LogP contribution in [0.2, 0.25) is 0 Å². The Kier molecular flexibility index (Phi) is 25.7. The number of fused-ring (bicyclic) bond motifs is 2. The van der Waals surface area contributed by atoms with Crippen molar-refractivity contribution in [3.8, 4) is 0 Å². The van der Waals surface area contributed by atoms with E-state index in [4.69, 9.17) is 0 Å². The average Bonchev–Trinajstić information content (AvgIpc) is 3.99. The van der Waals surface area contributed by atoms with Crippen molar-refractivity contribution in [3.63, 3.8) is 0 Å². The second-order valence-corrected chi connectivity index (χ2v) is 23.2. The third-order valence-electron chi connectivity index (χ3n) is 12.6. The molecule has 1 fully saturated rings. The predicted molar refractivity (Wildman–Crippen MR) is 285 cm³/mol. The fraction of sp³-hybridized carbons (Fsp3) is 0.815. The first-order valence-corrected chi connectivity index (χ1v) is 26.8. The Bertz CT molecular complexity index is 1900. The van der Waals surface area contributed by atoms with Crippen molar-refractivity contribution in [2.24, 2.45) is 35.5 Å². The molecule has 2 aliphatic carbocycles. The lowest BCUT2D eigenvalue weighted by Gasteiger charge is -2.12. The van der Waals surface area contributed by atoms with E-state index in [0.717, 1.165) is 53.3 Å². The van der Waals surface area contributed by atoms with Gasteiger partial charge in [-0.05, 0) is 161 Å². The van der Waals surface area contributed by atoms with Gasteiger partial charge in [0.05, 0.1) is 46.6 Å². The summed E-state index contributed by atoms with van der Waals surface area (Å²) in [4.78, 5) is 0. The van der Waals surface area contributed by atoms with Gasteiger partial charge in [-0.2, -0.15) is 0 Å². The molecule has 5 aromatic heterocycles. The number of aryl methyl sites for hydroxylation is 1. The van der Waals surface area contributed by atoms with Crippen molar-refractivity contribution in [2.75, 3.05) is 0 Å². The molecule has 69 heavy (non-hydrogen) atoms. The summed E-state index contributed by atoms with van der Waals surface area (Å²) in [7, 11) is 0. The van der Waals surface area contributed by atoms with Crippen LogP contribution >= 0.6 is 0 Å². The highest BCUT2D eigenvalue weighted by Crippen LogP contribution is 2.56. The molecule has 5 aromatic rings. The maximum Gasteiger partial charge on any atom is 0.0859 e. The van der Waals surface area contributed by atoms with Crippen LogP contribution in [-0.2, 0) is 12.8 Å². The van der Waals surface area contributed by atoms with E-state index in [-0.39, 0.29) is 0 Å². The third-order valence-corrected chi connectivity index (χ3v) is 12.6. The summed E-state index contributed by atoms with van der Waals surface area (Å²) >= 11 is 0. The van der Waals surface area contributed by atoms with Gasteiger partial charge < -0.3 is 0 Å². The Labute approximate surface area is 420 Å². The quantitative estimate of drug-likeness (QED) is 0.118. The molecule has 15 heteroatoms. The van der Waals surface area contributed by atoms with Crippen LogP contribution in [0.15, 0.2) is 24.8 Å². The molecule has 0 radical (unpaired) electrons. The van der Waals surface area contributed by atoms with Crippen LogP contribution in [0.5, 0.6) is 0 Å². The molecule has 0 bridgehead atoms. The number of nitrogens with zero attached hydrogens (tertiary/aromatic N) is 15. The van der Waals surface area contributed by atoms with Crippen LogP contribution in [0.4, 0.5) is 0 Å². The number of aromatic nitrogens is 15. The molecule has 0 N–H and O–H groups in total. The highest BCUT2D eigenvalue weighted by Gasteiger charge is 2.50. The zero-order valence-corrected chi connectivity index (χ0v) is 48.2. The van der Waals surface area contributed by atoms with Crippen LogP contribution in [0.3, 0.4) is 0 Å². The lowest BCUT2D eigenvalue weighted by Crippen LogP contribution is -2.10. The van der Waals surface area contributed by atoms with Gasteiger partial charge in [0, 0.05) is 42.6 Å². The molecule has 5 heterocycles. The maximum atomic E-state index is 4.42. The number of rotatable bonds is 12. The van der Waals surface area contributed by atoms with Crippen LogP contribution in [0, 0.1) is 35.5 Å². The summed E-state index contributed by atoms with van der Waals surface area (Å²) in [6.45, 7) is 52.1. The SMILES string of the molecule is CC(C)C1[C@H]2CCc3c(nnn3C(C)C)CC[C@@H]12.CC(C)CC(C)C.CC(C)c1cn(C(C)C)nn1.CC(C)c1cn(C(C)C)nn1.CC(C)c1cnnn1C(C)C.CC(C)c1cnnn1C(C)C. The Balaban J connectivity index is 0.000000291. The summed E-state index contributed by atoms with van der Waals surface area (Å²) in [6.07, 6.45) is 14.1. The normalized spacial score (nSPS) is 16.5. The van der Waals surface area contributed by atoms with Crippen molar-refractivity contribution in [1.82, 2.24) is 75.0 Å². The van der Waals surface area contributed by atoms with E-state index in [1.165, 1.54) is 48.5 Å². The Morgan fingerprint density at radius 2 is 0.826 bits per heavy atom. The van der Waals surface area contributed by atoms with Gasteiger partial charge >= 0.3 is 0 Å². The molecular formula is C54H101N15. The second kappa shape index (κ2) is 29.1. The maximum absolute atomic E-state index is 4.42. The minimum Gasteiger partial charge on any atom is -0.250 e. The molecule has 392 valence electrons. The fourth-order valence-electron chi connectivity index (χ4n) is 8.79. The van der Waals surface area contributed by atoms with Gasteiger partial charge in [0.2, 0.25) is 0 Å². The largest absolute Gasteiger partial charge is 0.250 e. The molecule has 0 spiro atoms. The minimum atomic E-state index is 0.412. The summed E-state index contributed by atoms with van der Waals surface area (Å²) in [5, 5.41) is 40.6. The Morgan fingerprint density at radius 1 is 0.435 bits per heavy atom. The van der Waals surface area contributed by atoms with Crippen LogP contribution in [-0.4, -0.2) is 75.0 Å². The van der Waals surface area contributed by atoms with Crippen molar-refractivity contribution in [3.05, 3.63) is 59.0 Å². The lowest BCUT2D eigenvalue weighted by atomic mass is 10.0. The van der Waals surface area contributed by atoms with Crippen molar-refractivity contribution < 1.29 is 0 Å². The summed E-state index contributed by atoms with van der Waals surface area (Å²) in [6, 6.07) is 2.09. The predicted octanol–water partition coefficient (Wildman–Crippen LogP) is 13.9. The molecule has 1 saturated carbocycles. The van der Waals surface area contributed by atoms with Gasteiger partial charge in [-0.25, -0.2) is 23.4 Å². The van der Waals surface area contributed by atoms with Crippen LogP contribution < -0.4 is 0 Å². The van der Waals surface area contributed by atoms with Crippen molar-refractivity contribution in [2.45, 2.75) is 252 Å². The van der Waals surface area contributed by atoms with E-state index < -0.39 is 0 Å². The smallest absolute Gasteiger partial charge is 0.0859 e. The van der Waals surface area contributed by atoms with Gasteiger partial charge in [-0.1, -0.05) is 123 Å². The molecule has 0 amide bonds. The van der Waals surface area contributed by atoms with Gasteiger partial charge in [-0.3, -0.25) is 0 Å². The summed E-state index contributed by atoms with van der Waals surface area (Å²) in [5.74, 6) is 7.51. The van der Waals surface area contributed by atoms with Crippen molar-refractivity contribution in [1.29, 1.82) is 0 Å². The van der Waals surface area contributed by atoms with E-state index in [2.05, 4.69) is 222 Å². The highest BCUT2D eigenvalue weighted by molar-refractivity contribution is 5.16. The topological polar surface area (TPSA) is 154 Å². The molecule has 0 saturated heterocycles. The van der Waals surface area contributed by atoms with E-state index >= 15 is 0 Å². The van der Waals surface area contributed by atoms with E-state index in [0.29, 0.717) is 53.9 Å². The molecule has 1 unspecified atom stereocenters. The first-order valence-electron chi connectivity index (χ1n) is 26.8. The fourth-order valence-corrected chi connectivity index (χ4v) is 8.79. The molecule has 7 rings (SSSR count). The van der Waals surface area contributed by atoms with Crippen molar-refractivity contribution >= 4 is 0 Å².